The molecule has 1 aromatic heterocycles. The van der Waals surface area contributed by atoms with Crippen LogP contribution in [0.2, 0.25) is 5.02 Å². The lowest BCUT2D eigenvalue weighted by Gasteiger charge is -2.25. The van der Waals surface area contributed by atoms with Crippen molar-refractivity contribution in [2.24, 2.45) is 0 Å². The Bertz CT molecular complexity index is 1140. The van der Waals surface area contributed by atoms with Gasteiger partial charge in [0.2, 0.25) is 5.78 Å². The Labute approximate surface area is 164 Å². The molecule has 1 amide bonds. The maximum absolute atomic E-state index is 13.6. The molecule has 8 heteroatoms. The van der Waals surface area contributed by atoms with Crippen molar-refractivity contribution in [3.05, 3.63) is 69.4 Å². The van der Waals surface area contributed by atoms with Crippen molar-refractivity contribution in [3.8, 4) is 0 Å². The van der Waals surface area contributed by atoms with Crippen molar-refractivity contribution < 1.29 is 18.5 Å². The van der Waals surface area contributed by atoms with Crippen molar-refractivity contribution in [2.45, 2.75) is 25.7 Å². The number of carbonyl (C=O) groups is 2. The lowest BCUT2D eigenvalue weighted by molar-refractivity contribution is -0.135. The third-order valence-electron chi connectivity index (χ3n) is 4.37. The van der Waals surface area contributed by atoms with Gasteiger partial charge in [-0.3, -0.25) is 9.59 Å². The number of fused-ring (bicyclic) bond motifs is 1. The molecule has 0 unspecified atom stereocenters. The molecule has 2 aromatic carbocycles. The first-order chi connectivity index (χ1) is 13.2. The molecule has 0 saturated heterocycles. The van der Waals surface area contributed by atoms with Gasteiger partial charge in [-0.15, -0.1) is 0 Å². The number of amides is 1. The first kappa shape index (κ1) is 19.7. The number of benzene rings is 2. The number of hydrogen-bond donors (Lipinski definition) is 1. The number of ketones is 1. The van der Waals surface area contributed by atoms with Gasteiger partial charge in [-0.05, 0) is 47.4 Å². The quantitative estimate of drug-likeness (QED) is 0.654. The molecule has 0 spiro atoms. The fourth-order valence-electron chi connectivity index (χ4n) is 2.91. The lowest BCUT2D eigenvalue weighted by atomic mass is 9.80. The van der Waals surface area contributed by atoms with E-state index in [-0.39, 0.29) is 6.42 Å². The SMILES string of the molecule is CC(C)(CC(=O)C(=O)Nc1ccc2c(=O)oncc2c1)c1cc(F)ccc1Cl. The molecule has 0 bridgehead atoms. The molecule has 3 aromatic rings. The van der Waals surface area contributed by atoms with E-state index in [1.165, 1.54) is 42.6 Å². The van der Waals surface area contributed by atoms with Gasteiger partial charge in [-0.2, -0.15) is 0 Å². The highest BCUT2D eigenvalue weighted by molar-refractivity contribution is 6.41. The number of hydrogen-bond acceptors (Lipinski definition) is 5. The van der Waals surface area contributed by atoms with Crippen molar-refractivity contribution in [1.29, 1.82) is 0 Å². The van der Waals surface area contributed by atoms with Gasteiger partial charge in [0.25, 0.3) is 5.91 Å². The topological polar surface area (TPSA) is 89.3 Å². The molecule has 0 aliphatic carbocycles. The second-order valence-electron chi connectivity index (χ2n) is 6.98. The first-order valence-corrected chi connectivity index (χ1v) is 8.74. The Morgan fingerprint density at radius 3 is 2.71 bits per heavy atom. The van der Waals surface area contributed by atoms with E-state index in [1.54, 1.807) is 13.8 Å². The molecular weight excluding hydrogens is 387 g/mol. The van der Waals surface area contributed by atoms with E-state index in [0.29, 0.717) is 27.0 Å². The number of aromatic nitrogens is 1. The van der Waals surface area contributed by atoms with E-state index in [9.17, 15) is 18.8 Å². The van der Waals surface area contributed by atoms with Gasteiger partial charge in [0.15, 0.2) is 0 Å². The number of anilines is 1. The lowest BCUT2D eigenvalue weighted by Crippen LogP contribution is -2.30. The Kier molecular flexibility index (Phi) is 5.29. The third kappa shape index (κ3) is 4.09. The minimum Gasteiger partial charge on any atom is -0.319 e. The zero-order valence-corrected chi connectivity index (χ0v) is 15.8. The molecule has 6 nitrogen and oxygen atoms in total. The average Bonchev–Trinajstić information content (AvgIpc) is 2.63. The normalized spacial score (nSPS) is 11.4. The van der Waals surface area contributed by atoms with Crippen LogP contribution in [0.4, 0.5) is 10.1 Å². The summed E-state index contributed by atoms with van der Waals surface area (Å²) >= 11 is 6.12. The number of halogens is 2. The minimum absolute atomic E-state index is 0.166. The predicted octanol–water partition coefficient (Wildman–Crippen LogP) is 3.86. The summed E-state index contributed by atoms with van der Waals surface area (Å²) < 4.78 is 18.1. The summed E-state index contributed by atoms with van der Waals surface area (Å²) in [4.78, 5) is 36.3. The van der Waals surface area contributed by atoms with Crippen LogP contribution in [0.1, 0.15) is 25.8 Å². The Morgan fingerprint density at radius 1 is 1.21 bits per heavy atom. The summed E-state index contributed by atoms with van der Waals surface area (Å²) in [6, 6.07) is 8.37. The highest BCUT2D eigenvalue weighted by Gasteiger charge is 2.30. The predicted molar refractivity (Wildman–Crippen MR) is 103 cm³/mol. The summed E-state index contributed by atoms with van der Waals surface area (Å²) in [5.41, 5.74) is -0.668. The van der Waals surface area contributed by atoms with Crippen LogP contribution in [0.3, 0.4) is 0 Å². The molecule has 0 aliphatic heterocycles. The van der Waals surface area contributed by atoms with Gasteiger partial charge in [-0.1, -0.05) is 30.6 Å². The molecule has 0 fully saturated rings. The standard InChI is InChI=1S/C20H16ClFN2O4/c1-20(2,15-8-12(22)3-6-16(15)21)9-17(25)18(26)24-13-4-5-14-11(7-13)10-23-28-19(14)27/h3-8,10H,9H2,1-2H3,(H,24,26). The summed E-state index contributed by atoms with van der Waals surface area (Å²) in [7, 11) is 0. The fourth-order valence-corrected chi connectivity index (χ4v) is 3.28. The molecular formula is C20H16ClFN2O4. The summed E-state index contributed by atoms with van der Waals surface area (Å²) in [6.45, 7) is 3.42. The second kappa shape index (κ2) is 7.52. The molecule has 0 atom stereocenters. The molecule has 3 rings (SSSR count). The largest absolute Gasteiger partial charge is 0.366 e. The molecule has 28 heavy (non-hydrogen) atoms. The molecule has 0 saturated carbocycles. The van der Waals surface area contributed by atoms with Crippen LogP contribution < -0.4 is 10.9 Å². The van der Waals surface area contributed by atoms with Gasteiger partial charge in [-0.25, -0.2) is 9.18 Å². The Balaban J connectivity index is 1.76. The highest BCUT2D eigenvalue weighted by atomic mass is 35.5. The smallest absolute Gasteiger partial charge is 0.319 e. The fraction of sp³-hybridized carbons (Fsp3) is 0.200. The Morgan fingerprint density at radius 2 is 1.96 bits per heavy atom. The van der Waals surface area contributed by atoms with Crippen LogP contribution >= 0.6 is 11.6 Å². The van der Waals surface area contributed by atoms with E-state index >= 15 is 0 Å². The number of rotatable bonds is 5. The van der Waals surface area contributed by atoms with Gasteiger partial charge >= 0.3 is 5.63 Å². The summed E-state index contributed by atoms with van der Waals surface area (Å²) in [5, 5.41) is 7.04. The zero-order chi connectivity index (χ0) is 20.5. The van der Waals surface area contributed by atoms with E-state index in [2.05, 4.69) is 15.0 Å². The van der Waals surface area contributed by atoms with Crippen LogP contribution in [0, 0.1) is 5.82 Å². The first-order valence-electron chi connectivity index (χ1n) is 8.36. The van der Waals surface area contributed by atoms with Crippen LogP contribution in [0.5, 0.6) is 0 Å². The Hall–Kier alpha value is -3.06. The number of nitrogens with zero attached hydrogens (tertiary/aromatic N) is 1. The maximum atomic E-state index is 13.6. The molecule has 1 heterocycles. The monoisotopic (exact) mass is 402 g/mol. The average molecular weight is 403 g/mol. The maximum Gasteiger partial charge on any atom is 0.366 e. The van der Waals surface area contributed by atoms with Crippen molar-refractivity contribution in [3.63, 3.8) is 0 Å². The second-order valence-corrected chi connectivity index (χ2v) is 7.38. The van der Waals surface area contributed by atoms with E-state index in [0.717, 1.165) is 0 Å². The van der Waals surface area contributed by atoms with Gasteiger partial charge in [0, 0.05) is 22.5 Å². The van der Waals surface area contributed by atoms with Crippen LogP contribution in [-0.2, 0) is 15.0 Å². The van der Waals surface area contributed by atoms with E-state index in [1.807, 2.05) is 0 Å². The third-order valence-corrected chi connectivity index (χ3v) is 4.70. The molecule has 144 valence electrons. The van der Waals surface area contributed by atoms with Crippen molar-refractivity contribution in [2.75, 3.05) is 5.32 Å². The summed E-state index contributed by atoms with van der Waals surface area (Å²) in [6.07, 6.45) is 1.17. The van der Waals surface area contributed by atoms with Crippen molar-refractivity contribution in [1.82, 2.24) is 5.16 Å². The van der Waals surface area contributed by atoms with Crippen molar-refractivity contribution >= 4 is 39.8 Å². The van der Waals surface area contributed by atoms with Crippen LogP contribution in [-0.4, -0.2) is 16.8 Å². The van der Waals surface area contributed by atoms with Crippen LogP contribution in [0.25, 0.3) is 10.8 Å². The molecule has 1 N–H and O–H groups in total. The van der Waals surface area contributed by atoms with Gasteiger partial charge < -0.3 is 9.84 Å². The minimum atomic E-state index is -0.847. The van der Waals surface area contributed by atoms with Gasteiger partial charge in [0.05, 0.1) is 11.6 Å². The molecule has 0 radical (unpaired) electrons. The summed E-state index contributed by atoms with van der Waals surface area (Å²) in [5.74, 6) is -1.98. The number of carbonyl (C=O) groups excluding carboxylic acids is 2. The highest BCUT2D eigenvalue weighted by Crippen LogP contribution is 2.33. The van der Waals surface area contributed by atoms with Gasteiger partial charge in [0.1, 0.15) is 5.82 Å². The number of Topliss-reactive ketones (excluding diaryl/α,β-unsaturated/α-hetero) is 1. The molecule has 0 aliphatic rings. The number of nitrogens with one attached hydrogen (secondary N) is 1. The van der Waals surface area contributed by atoms with E-state index < -0.39 is 28.5 Å². The van der Waals surface area contributed by atoms with Crippen LogP contribution in [0.15, 0.2) is 51.9 Å². The zero-order valence-electron chi connectivity index (χ0n) is 15.1. The van der Waals surface area contributed by atoms with E-state index in [4.69, 9.17) is 11.6 Å².